The summed E-state index contributed by atoms with van der Waals surface area (Å²) >= 11 is 0. The maximum absolute atomic E-state index is 11.9. The zero-order valence-corrected chi connectivity index (χ0v) is 9.24. The van der Waals surface area contributed by atoms with Crippen LogP contribution in [0.3, 0.4) is 0 Å². The molecule has 0 aliphatic heterocycles. The standard InChI is InChI=1S/C11H18N2O/c1-11(2,3)10(12)9(14)8-6-5-7-13(8)4/h5-7,10H,12H2,1-4H3/t10-/m1/s1. The lowest BCUT2D eigenvalue weighted by atomic mass is 9.84. The molecule has 78 valence electrons. The van der Waals surface area contributed by atoms with Crippen molar-refractivity contribution in [3.63, 3.8) is 0 Å². The Balaban J connectivity index is 2.92. The van der Waals surface area contributed by atoms with Crippen molar-refractivity contribution in [3.05, 3.63) is 24.0 Å². The highest BCUT2D eigenvalue weighted by Gasteiger charge is 2.29. The number of nitrogens with zero attached hydrogens (tertiary/aromatic N) is 1. The van der Waals surface area contributed by atoms with Crippen LogP contribution in [0.1, 0.15) is 31.3 Å². The summed E-state index contributed by atoms with van der Waals surface area (Å²) < 4.78 is 1.80. The van der Waals surface area contributed by atoms with Crippen LogP contribution in [0.2, 0.25) is 0 Å². The Kier molecular flexibility index (Phi) is 2.81. The molecule has 0 amide bonds. The molecule has 0 aromatic carbocycles. The van der Waals surface area contributed by atoms with Gasteiger partial charge in [-0.3, -0.25) is 4.79 Å². The molecule has 0 bridgehead atoms. The largest absolute Gasteiger partial charge is 0.348 e. The molecule has 0 fully saturated rings. The van der Waals surface area contributed by atoms with E-state index in [4.69, 9.17) is 5.73 Å². The molecule has 0 saturated heterocycles. The molecule has 0 radical (unpaired) electrons. The molecule has 0 unspecified atom stereocenters. The molecule has 1 rings (SSSR count). The smallest absolute Gasteiger partial charge is 0.196 e. The first kappa shape index (κ1) is 11.0. The van der Waals surface area contributed by atoms with Crippen molar-refractivity contribution < 1.29 is 4.79 Å². The van der Waals surface area contributed by atoms with Crippen LogP contribution in [0.25, 0.3) is 0 Å². The van der Waals surface area contributed by atoms with E-state index >= 15 is 0 Å². The number of ketones is 1. The lowest BCUT2D eigenvalue weighted by Crippen LogP contribution is -2.42. The van der Waals surface area contributed by atoms with Crippen LogP contribution in [0.4, 0.5) is 0 Å². The summed E-state index contributed by atoms with van der Waals surface area (Å²) in [6.45, 7) is 5.91. The fourth-order valence-corrected chi connectivity index (χ4v) is 1.27. The predicted molar refractivity (Wildman–Crippen MR) is 57.2 cm³/mol. The topological polar surface area (TPSA) is 48.0 Å². The summed E-state index contributed by atoms with van der Waals surface area (Å²) in [7, 11) is 1.85. The van der Waals surface area contributed by atoms with Crippen molar-refractivity contribution in [1.82, 2.24) is 4.57 Å². The molecule has 1 aromatic heterocycles. The van der Waals surface area contributed by atoms with Gasteiger partial charge in [0.25, 0.3) is 0 Å². The number of nitrogens with two attached hydrogens (primary N) is 1. The number of aromatic nitrogens is 1. The zero-order chi connectivity index (χ0) is 10.9. The highest BCUT2D eigenvalue weighted by atomic mass is 16.1. The monoisotopic (exact) mass is 194 g/mol. The van der Waals surface area contributed by atoms with Gasteiger partial charge in [0.2, 0.25) is 0 Å². The maximum Gasteiger partial charge on any atom is 0.196 e. The SMILES string of the molecule is Cn1cccc1C(=O)[C@@H](N)C(C)(C)C. The number of carbonyl (C=O) groups excluding carboxylic acids is 1. The van der Waals surface area contributed by atoms with E-state index in [0.29, 0.717) is 5.69 Å². The molecular formula is C11H18N2O. The molecule has 1 heterocycles. The molecule has 3 nitrogen and oxygen atoms in total. The van der Waals surface area contributed by atoms with Crippen LogP contribution >= 0.6 is 0 Å². The number of hydrogen-bond donors (Lipinski definition) is 1. The lowest BCUT2D eigenvalue weighted by molar-refractivity contribution is 0.0893. The summed E-state index contributed by atoms with van der Waals surface area (Å²) in [6, 6.07) is 3.20. The Hall–Kier alpha value is -1.09. The number of carbonyl (C=O) groups is 1. The summed E-state index contributed by atoms with van der Waals surface area (Å²) in [5, 5.41) is 0. The number of hydrogen-bond acceptors (Lipinski definition) is 2. The molecule has 2 N–H and O–H groups in total. The van der Waals surface area contributed by atoms with Gasteiger partial charge in [0, 0.05) is 13.2 Å². The van der Waals surface area contributed by atoms with E-state index in [2.05, 4.69) is 0 Å². The van der Waals surface area contributed by atoms with Gasteiger partial charge < -0.3 is 10.3 Å². The van der Waals surface area contributed by atoms with Crippen LogP contribution < -0.4 is 5.73 Å². The molecule has 0 aliphatic carbocycles. The molecule has 14 heavy (non-hydrogen) atoms. The second-order valence-corrected chi connectivity index (χ2v) is 4.71. The first-order chi connectivity index (χ1) is 6.34. The third-order valence-corrected chi connectivity index (χ3v) is 2.41. The lowest BCUT2D eigenvalue weighted by Gasteiger charge is -2.25. The quantitative estimate of drug-likeness (QED) is 0.727. The Morgan fingerprint density at radius 1 is 1.50 bits per heavy atom. The third kappa shape index (κ3) is 2.04. The van der Waals surface area contributed by atoms with Gasteiger partial charge in [0.05, 0.1) is 11.7 Å². The van der Waals surface area contributed by atoms with Crippen molar-refractivity contribution in [2.75, 3.05) is 0 Å². The Morgan fingerprint density at radius 3 is 2.43 bits per heavy atom. The van der Waals surface area contributed by atoms with Gasteiger partial charge in [-0.2, -0.15) is 0 Å². The van der Waals surface area contributed by atoms with Crippen LogP contribution in [0.5, 0.6) is 0 Å². The molecule has 0 saturated carbocycles. The van der Waals surface area contributed by atoms with E-state index in [1.54, 1.807) is 10.6 Å². The van der Waals surface area contributed by atoms with Crippen LogP contribution in [-0.2, 0) is 7.05 Å². The average molecular weight is 194 g/mol. The van der Waals surface area contributed by atoms with Crippen molar-refractivity contribution in [2.45, 2.75) is 26.8 Å². The number of Topliss-reactive ketones (excluding diaryl/α,β-unsaturated/α-hetero) is 1. The van der Waals surface area contributed by atoms with Gasteiger partial charge >= 0.3 is 0 Å². The van der Waals surface area contributed by atoms with Gasteiger partial charge in [0.15, 0.2) is 5.78 Å². The van der Waals surface area contributed by atoms with Gasteiger partial charge in [-0.15, -0.1) is 0 Å². The van der Waals surface area contributed by atoms with Crippen LogP contribution in [0.15, 0.2) is 18.3 Å². The zero-order valence-electron chi connectivity index (χ0n) is 9.24. The van der Waals surface area contributed by atoms with E-state index in [1.165, 1.54) is 0 Å². The molecule has 0 spiro atoms. The summed E-state index contributed by atoms with van der Waals surface area (Å²) in [5.74, 6) is 0.00463. The Bertz CT molecular complexity index is 333. The van der Waals surface area contributed by atoms with E-state index in [-0.39, 0.29) is 11.2 Å². The fraction of sp³-hybridized carbons (Fsp3) is 0.545. The highest BCUT2D eigenvalue weighted by Crippen LogP contribution is 2.20. The first-order valence-corrected chi connectivity index (χ1v) is 4.75. The second kappa shape index (κ2) is 3.58. The van der Waals surface area contributed by atoms with Crippen LogP contribution in [0, 0.1) is 5.41 Å². The molecule has 1 aromatic rings. The maximum atomic E-state index is 11.9. The Morgan fingerprint density at radius 2 is 2.07 bits per heavy atom. The highest BCUT2D eigenvalue weighted by molar-refractivity contribution is 5.99. The van der Waals surface area contributed by atoms with Crippen molar-refractivity contribution in [3.8, 4) is 0 Å². The first-order valence-electron chi connectivity index (χ1n) is 4.75. The van der Waals surface area contributed by atoms with Gasteiger partial charge in [-0.1, -0.05) is 20.8 Å². The van der Waals surface area contributed by atoms with E-state index < -0.39 is 6.04 Å². The van der Waals surface area contributed by atoms with E-state index in [1.807, 2.05) is 40.1 Å². The third-order valence-electron chi connectivity index (χ3n) is 2.41. The average Bonchev–Trinajstić information content (AvgIpc) is 2.47. The van der Waals surface area contributed by atoms with Crippen LogP contribution in [-0.4, -0.2) is 16.4 Å². The van der Waals surface area contributed by atoms with Gasteiger partial charge in [-0.25, -0.2) is 0 Å². The summed E-state index contributed by atoms with van der Waals surface area (Å²) in [6.07, 6.45) is 1.85. The molecule has 3 heteroatoms. The molecule has 1 atom stereocenters. The summed E-state index contributed by atoms with van der Waals surface area (Å²) in [4.78, 5) is 11.9. The van der Waals surface area contributed by atoms with Gasteiger partial charge in [-0.05, 0) is 17.5 Å². The molecule has 0 aliphatic rings. The minimum atomic E-state index is -0.448. The second-order valence-electron chi connectivity index (χ2n) is 4.71. The summed E-state index contributed by atoms with van der Waals surface area (Å²) in [5.41, 5.74) is 6.37. The van der Waals surface area contributed by atoms with E-state index in [0.717, 1.165) is 0 Å². The molecular weight excluding hydrogens is 176 g/mol. The minimum absolute atomic E-state index is 0.00463. The predicted octanol–water partition coefficient (Wildman–Crippen LogP) is 1.58. The normalized spacial score (nSPS) is 14.1. The van der Waals surface area contributed by atoms with Gasteiger partial charge in [0.1, 0.15) is 0 Å². The van der Waals surface area contributed by atoms with Crippen molar-refractivity contribution >= 4 is 5.78 Å². The Labute approximate surface area is 84.9 Å². The minimum Gasteiger partial charge on any atom is -0.348 e. The van der Waals surface area contributed by atoms with Crippen molar-refractivity contribution in [2.24, 2.45) is 18.2 Å². The van der Waals surface area contributed by atoms with Crippen molar-refractivity contribution in [1.29, 1.82) is 0 Å². The fourth-order valence-electron chi connectivity index (χ4n) is 1.27. The number of aryl methyl sites for hydroxylation is 1. The van der Waals surface area contributed by atoms with E-state index in [9.17, 15) is 4.79 Å². The number of rotatable bonds is 2.